The third-order valence-electron chi connectivity index (χ3n) is 5.47. The molecule has 28 heavy (non-hydrogen) atoms. The highest BCUT2D eigenvalue weighted by Gasteiger charge is 2.28. The van der Waals surface area contributed by atoms with Gasteiger partial charge in [0.25, 0.3) is 5.91 Å². The zero-order valence-electron chi connectivity index (χ0n) is 16.6. The first-order valence-corrected chi connectivity index (χ1v) is 9.93. The van der Waals surface area contributed by atoms with E-state index in [1.807, 2.05) is 0 Å². The highest BCUT2D eigenvalue weighted by atomic mass is 16.5. The van der Waals surface area contributed by atoms with Gasteiger partial charge in [-0.05, 0) is 38.5 Å². The lowest BCUT2D eigenvalue weighted by molar-refractivity contribution is -0.133. The predicted molar refractivity (Wildman–Crippen MR) is 106 cm³/mol. The molecule has 2 aliphatic rings. The maximum atomic E-state index is 12.1. The van der Waals surface area contributed by atoms with Crippen molar-refractivity contribution in [3.8, 4) is 0 Å². The Balaban J connectivity index is 1.65. The van der Waals surface area contributed by atoms with Crippen molar-refractivity contribution in [2.24, 2.45) is 11.7 Å². The van der Waals surface area contributed by atoms with Gasteiger partial charge in [-0.2, -0.15) is 4.98 Å². The third kappa shape index (κ3) is 5.09. The van der Waals surface area contributed by atoms with Crippen LogP contribution in [0, 0.1) is 5.92 Å². The molecule has 3 rings (SSSR count). The van der Waals surface area contributed by atoms with E-state index in [4.69, 9.17) is 10.5 Å². The molecule has 0 aromatic carbocycles. The zero-order valence-corrected chi connectivity index (χ0v) is 16.6. The summed E-state index contributed by atoms with van der Waals surface area (Å²) >= 11 is 0. The Labute approximate surface area is 165 Å². The Kier molecular flexibility index (Phi) is 6.66. The van der Waals surface area contributed by atoms with Gasteiger partial charge in [-0.3, -0.25) is 9.59 Å². The number of carbonyl (C=O) groups is 2. The van der Waals surface area contributed by atoms with Crippen LogP contribution in [0.5, 0.6) is 0 Å². The van der Waals surface area contributed by atoms with E-state index < -0.39 is 5.91 Å². The number of anilines is 2. The summed E-state index contributed by atoms with van der Waals surface area (Å²) in [4.78, 5) is 34.4. The summed E-state index contributed by atoms with van der Waals surface area (Å²) in [7, 11) is 3.58. The topological polar surface area (TPSA) is 122 Å². The Hall–Kier alpha value is -2.42. The van der Waals surface area contributed by atoms with Crippen molar-refractivity contribution in [3.05, 3.63) is 11.8 Å². The third-order valence-corrected chi connectivity index (χ3v) is 5.47. The molecule has 154 valence electrons. The molecule has 2 heterocycles. The lowest BCUT2D eigenvalue weighted by atomic mass is 9.85. The largest absolute Gasteiger partial charge is 0.381 e. The molecule has 1 aliphatic carbocycles. The molecule has 2 amide bonds. The molecular weight excluding hydrogens is 360 g/mol. The van der Waals surface area contributed by atoms with Crippen molar-refractivity contribution in [3.63, 3.8) is 0 Å². The van der Waals surface area contributed by atoms with Crippen LogP contribution in [0.2, 0.25) is 0 Å². The Bertz CT molecular complexity index is 697. The Morgan fingerprint density at radius 2 is 1.71 bits per heavy atom. The quantitative estimate of drug-likeness (QED) is 0.667. The minimum Gasteiger partial charge on any atom is -0.381 e. The number of amides is 2. The van der Waals surface area contributed by atoms with Crippen molar-refractivity contribution in [2.45, 2.75) is 50.6 Å². The van der Waals surface area contributed by atoms with Crippen LogP contribution >= 0.6 is 0 Å². The number of aromatic nitrogens is 2. The number of rotatable bonds is 6. The molecule has 1 saturated heterocycles. The molecule has 0 radical (unpaired) electrons. The fourth-order valence-corrected chi connectivity index (χ4v) is 3.81. The Morgan fingerprint density at radius 1 is 1.07 bits per heavy atom. The molecule has 0 unspecified atom stereocenters. The number of primary amides is 1. The second kappa shape index (κ2) is 9.18. The summed E-state index contributed by atoms with van der Waals surface area (Å²) < 4.78 is 5.37. The summed E-state index contributed by atoms with van der Waals surface area (Å²) in [5.74, 6) is 0.632. The number of ether oxygens (including phenoxy) is 1. The Morgan fingerprint density at radius 3 is 2.32 bits per heavy atom. The molecule has 4 N–H and O–H groups in total. The van der Waals surface area contributed by atoms with Gasteiger partial charge < -0.3 is 26.0 Å². The monoisotopic (exact) mass is 390 g/mol. The number of nitrogens with two attached hydrogens (primary N) is 1. The van der Waals surface area contributed by atoms with Gasteiger partial charge in [-0.25, -0.2) is 4.98 Å². The van der Waals surface area contributed by atoms with E-state index in [2.05, 4.69) is 20.6 Å². The fourth-order valence-electron chi connectivity index (χ4n) is 3.81. The fraction of sp³-hybridized carbons (Fsp3) is 0.684. The van der Waals surface area contributed by atoms with Gasteiger partial charge in [0.1, 0.15) is 5.82 Å². The summed E-state index contributed by atoms with van der Waals surface area (Å²) in [5.41, 5.74) is 5.78. The number of hydrogen-bond donors (Lipinski definition) is 3. The van der Waals surface area contributed by atoms with Gasteiger partial charge in [0.05, 0.1) is 5.56 Å². The smallest absolute Gasteiger partial charge is 0.254 e. The number of hydrogen-bond acceptors (Lipinski definition) is 7. The number of nitrogens with zero attached hydrogens (tertiary/aromatic N) is 3. The van der Waals surface area contributed by atoms with Crippen LogP contribution in [-0.4, -0.2) is 66.1 Å². The molecule has 9 heteroatoms. The van der Waals surface area contributed by atoms with Crippen LogP contribution in [-0.2, 0) is 9.53 Å². The molecule has 0 bridgehead atoms. The molecule has 2 fully saturated rings. The first-order chi connectivity index (χ1) is 13.4. The van der Waals surface area contributed by atoms with Crippen LogP contribution in [0.25, 0.3) is 0 Å². The van der Waals surface area contributed by atoms with Crippen molar-refractivity contribution in [2.75, 3.05) is 37.9 Å². The maximum absolute atomic E-state index is 12.1. The normalized spacial score (nSPS) is 23.1. The SMILES string of the molecule is CN(C)C(=O)C1CCC(Nc2nc(NC3CCOCC3)ncc2C(N)=O)CC1. The highest BCUT2D eigenvalue weighted by molar-refractivity contribution is 5.97. The second-order valence-electron chi connectivity index (χ2n) is 7.78. The van der Waals surface area contributed by atoms with Gasteiger partial charge >= 0.3 is 0 Å². The van der Waals surface area contributed by atoms with Crippen molar-refractivity contribution < 1.29 is 14.3 Å². The van der Waals surface area contributed by atoms with E-state index in [-0.39, 0.29) is 29.5 Å². The van der Waals surface area contributed by atoms with Crippen LogP contribution in [0.1, 0.15) is 48.9 Å². The van der Waals surface area contributed by atoms with E-state index in [0.29, 0.717) is 11.8 Å². The zero-order chi connectivity index (χ0) is 20.1. The van der Waals surface area contributed by atoms with E-state index in [1.165, 1.54) is 6.20 Å². The van der Waals surface area contributed by atoms with Crippen molar-refractivity contribution >= 4 is 23.6 Å². The van der Waals surface area contributed by atoms with Crippen LogP contribution in [0.15, 0.2) is 6.20 Å². The minimum atomic E-state index is -0.559. The van der Waals surface area contributed by atoms with Crippen molar-refractivity contribution in [1.82, 2.24) is 14.9 Å². The van der Waals surface area contributed by atoms with Crippen LogP contribution in [0.3, 0.4) is 0 Å². The summed E-state index contributed by atoms with van der Waals surface area (Å²) in [6, 6.07) is 0.406. The molecule has 1 aliphatic heterocycles. The minimum absolute atomic E-state index is 0.0693. The van der Waals surface area contributed by atoms with Gasteiger partial charge in [0.2, 0.25) is 11.9 Å². The summed E-state index contributed by atoms with van der Waals surface area (Å²) in [6.07, 6.45) is 6.59. The molecule has 0 atom stereocenters. The second-order valence-corrected chi connectivity index (χ2v) is 7.78. The summed E-state index contributed by atoms with van der Waals surface area (Å²) in [5, 5.41) is 6.67. The van der Waals surface area contributed by atoms with E-state index in [0.717, 1.165) is 51.7 Å². The van der Waals surface area contributed by atoms with Gasteiger partial charge in [-0.1, -0.05) is 0 Å². The molecule has 1 aromatic heterocycles. The maximum Gasteiger partial charge on any atom is 0.254 e. The lowest BCUT2D eigenvalue weighted by Gasteiger charge is -2.30. The summed E-state index contributed by atoms with van der Waals surface area (Å²) in [6.45, 7) is 1.44. The molecule has 0 spiro atoms. The lowest BCUT2D eigenvalue weighted by Crippen LogP contribution is -2.35. The first kappa shape index (κ1) is 20.3. The molecule has 1 saturated carbocycles. The number of carbonyl (C=O) groups excluding carboxylic acids is 2. The van der Waals surface area contributed by atoms with E-state index in [9.17, 15) is 9.59 Å². The van der Waals surface area contributed by atoms with Gasteiger partial charge in [0, 0.05) is 51.5 Å². The standard InChI is InChI=1S/C19H30N6O3/c1-25(2)18(27)12-3-5-13(6-4-12)22-17-15(16(20)26)11-21-19(24-17)23-14-7-9-28-10-8-14/h11-14H,3-10H2,1-2H3,(H2,20,26)(H2,21,22,23,24). The van der Waals surface area contributed by atoms with Gasteiger partial charge in [0.15, 0.2) is 0 Å². The average molecular weight is 390 g/mol. The average Bonchev–Trinajstić information content (AvgIpc) is 2.68. The van der Waals surface area contributed by atoms with Crippen LogP contribution < -0.4 is 16.4 Å². The van der Waals surface area contributed by atoms with Crippen LogP contribution in [0.4, 0.5) is 11.8 Å². The van der Waals surface area contributed by atoms with E-state index in [1.54, 1.807) is 19.0 Å². The molecular formula is C19H30N6O3. The molecule has 9 nitrogen and oxygen atoms in total. The first-order valence-electron chi connectivity index (χ1n) is 9.93. The number of nitrogens with one attached hydrogen (secondary N) is 2. The van der Waals surface area contributed by atoms with Gasteiger partial charge in [-0.15, -0.1) is 0 Å². The predicted octanol–water partition coefficient (Wildman–Crippen LogP) is 1.23. The molecule has 1 aromatic rings. The highest BCUT2D eigenvalue weighted by Crippen LogP contribution is 2.28. The van der Waals surface area contributed by atoms with E-state index >= 15 is 0 Å². The van der Waals surface area contributed by atoms with Crippen molar-refractivity contribution in [1.29, 1.82) is 0 Å².